The number of rotatable bonds is 1. The van der Waals surface area contributed by atoms with E-state index in [-0.39, 0.29) is 5.75 Å². The first-order valence-corrected chi connectivity index (χ1v) is 6.92. The standard InChI is InChI=1S/C11H14N2O4S/c1-13-10-5-7(11(14)17-2)3-4-8(10)9(12)6-18(13,15)16/h3-5,9H,6,12H2,1-2H3. The summed E-state index contributed by atoms with van der Waals surface area (Å²) in [5, 5.41) is 0. The minimum Gasteiger partial charge on any atom is -0.465 e. The maximum absolute atomic E-state index is 11.8. The Balaban J connectivity index is 2.58. The molecule has 0 saturated heterocycles. The van der Waals surface area contributed by atoms with Crippen LogP contribution in [-0.4, -0.2) is 34.3 Å². The fourth-order valence-electron chi connectivity index (χ4n) is 1.95. The zero-order valence-electron chi connectivity index (χ0n) is 10.1. The van der Waals surface area contributed by atoms with Gasteiger partial charge in [0.2, 0.25) is 10.0 Å². The van der Waals surface area contributed by atoms with E-state index in [9.17, 15) is 13.2 Å². The molecule has 0 bridgehead atoms. The molecule has 0 radical (unpaired) electrons. The lowest BCUT2D eigenvalue weighted by Crippen LogP contribution is -2.39. The first-order chi connectivity index (χ1) is 8.36. The number of sulfonamides is 1. The minimum atomic E-state index is -3.42. The molecule has 0 spiro atoms. The number of ether oxygens (including phenoxy) is 1. The molecule has 1 aliphatic heterocycles. The number of fused-ring (bicyclic) bond motifs is 1. The van der Waals surface area contributed by atoms with Crippen molar-refractivity contribution in [1.29, 1.82) is 0 Å². The monoisotopic (exact) mass is 270 g/mol. The summed E-state index contributed by atoms with van der Waals surface area (Å²) < 4.78 is 29.4. The number of carbonyl (C=O) groups excluding carboxylic acids is 1. The Hall–Kier alpha value is -1.60. The smallest absolute Gasteiger partial charge is 0.337 e. The van der Waals surface area contributed by atoms with Crippen molar-refractivity contribution in [2.24, 2.45) is 5.73 Å². The number of nitrogens with two attached hydrogens (primary N) is 1. The van der Waals surface area contributed by atoms with Crippen molar-refractivity contribution in [3.63, 3.8) is 0 Å². The predicted octanol–water partition coefficient (Wildman–Crippen LogP) is 0.253. The number of benzene rings is 1. The van der Waals surface area contributed by atoms with Gasteiger partial charge in [0.15, 0.2) is 0 Å². The Morgan fingerprint density at radius 3 is 2.78 bits per heavy atom. The first kappa shape index (κ1) is 12.8. The number of hydrogen-bond acceptors (Lipinski definition) is 5. The zero-order chi connectivity index (χ0) is 13.5. The van der Waals surface area contributed by atoms with Crippen LogP contribution in [0.2, 0.25) is 0 Å². The molecule has 0 aliphatic carbocycles. The molecule has 1 aromatic rings. The molecule has 7 heteroatoms. The molecule has 98 valence electrons. The van der Waals surface area contributed by atoms with E-state index < -0.39 is 22.0 Å². The second-order valence-corrected chi connectivity index (χ2v) is 6.16. The first-order valence-electron chi connectivity index (χ1n) is 5.31. The van der Waals surface area contributed by atoms with Crippen molar-refractivity contribution in [1.82, 2.24) is 0 Å². The topological polar surface area (TPSA) is 89.7 Å². The van der Waals surface area contributed by atoms with Crippen LogP contribution in [0.4, 0.5) is 5.69 Å². The summed E-state index contributed by atoms with van der Waals surface area (Å²) >= 11 is 0. The average Bonchev–Trinajstić information content (AvgIpc) is 2.34. The lowest BCUT2D eigenvalue weighted by atomic mass is 10.0. The Morgan fingerprint density at radius 2 is 2.17 bits per heavy atom. The van der Waals surface area contributed by atoms with Crippen molar-refractivity contribution in [2.45, 2.75) is 6.04 Å². The van der Waals surface area contributed by atoms with Gasteiger partial charge in [0, 0.05) is 13.1 Å². The van der Waals surface area contributed by atoms with Gasteiger partial charge in [-0.1, -0.05) is 6.07 Å². The van der Waals surface area contributed by atoms with Crippen LogP contribution in [-0.2, 0) is 14.8 Å². The van der Waals surface area contributed by atoms with Crippen LogP contribution in [0, 0.1) is 0 Å². The number of anilines is 1. The molecule has 1 atom stereocenters. The molecule has 1 aliphatic rings. The zero-order valence-corrected chi connectivity index (χ0v) is 10.9. The summed E-state index contributed by atoms with van der Waals surface area (Å²) in [5.74, 6) is -0.642. The summed E-state index contributed by atoms with van der Waals surface area (Å²) in [6.07, 6.45) is 0. The van der Waals surface area contributed by atoms with Gasteiger partial charge in [-0.05, 0) is 17.7 Å². The van der Waals surface area contributed by atoms with Crippen LogP contribution in [0.1, 0.15) is 22.0 Å². The maximum Gasteiger partial charge on any atom is 0.337 e. The van der Waals surface area contributed by atoms with Crippen molar-refractivity contribution < 1.29 is 17.9 Å². The largest absolute Gasteiger partial charge is 0.465 e. The fourth-order valence-corrected chi connectivity index (χ4v) is 3.27. The molecule has 6 nitrogen and oxygen atoms in total. The number of methoxy groups -OCH3 is 1. The van der Waals surface area contributed by atoms with Gasteiger partial charge in [-0.15, -0.1) is 0 Å². The second kappa shape index (κ2) is 4.25. The van der Waals surface area contributed by atoms with Crippen molar-refractivity contribution in [2.75, 3.05) is 24.2 Å². The van der Waals surface area contributed by atoms with Gasteiger partial charge in [0.1, 0.15) is 0 Å². The van der Waals surface area contributed by atoms with Crippen LogP contribution in [0.3, 0.4) is 0 Å². The third-order valence-corrected chi connectivity index (χ3v) is 4.81. The number of nitrogens with zero attached hydrogens (tertiary/aromatic N) is 1. The molecular weight excluding hydrogens is 256 g/mol. The van der Waals surface area contributed by atoms with E-state index in [0.29, 0.717) is 16.8 Å². The quantitative estimate of drug-likeness (QED) is 0.739. The molecule has 18 heavy (non-hydrogen) atoms. The van der Waals surface area contributed by atoms with E-state index >= 15 is 0 Å². The van der Waals surface area contributed by atoms with Gasteiger partial charge in [-0.25, -0.2) is 13.2 Å². The molecular formula is C11H14N2O4S. The Labute approximate surface area is 105 Å². The summed E-state index contributed by atoms with van der Waals surface area (Å²) in [5.41, 5.74) is 7.26. The SMILES string of the molecule is COC(=O)c1ccc2c(c1)N(C)S(=O)(=O)CC2N. The number of hydrogen-bond donors (Lipinski definition) is 1. The van der Waals surface area contributed by atoms with E-state index in [2.05, 4.69) is 4.74 Å². The molecule has 0 aromatic heterocycles. The molecule has 0 saturated carbocycles. The van der Waals surface area contributed by atoms with Crippen LogP contribution >= 0.6 is 0 Å². The molecule has 1 unspecified atom stereocenters. The van der Waals surface area contributed by atoms with E-state index in [1.807, 2.05) is 0 Å². The van der Waals surface area contributed by atoms with Gasteiger partial charge in [0.05, 0.1) is 24.1 Å². The number of esters is 1. The van der Waals surface area contributed by atoms with E-state index in [1.54, 1.807) is 12.1 Å². The normalized spacial score (nSPS) is 21.3. The summed E-state index contributed by atoms with van der Waals surface area (Å²) in [6.45, 7) is 0. The van der Waals surface area contributed by atoms with E-state index in [0.717, 1.165) is 4.31 Å². The second-order valence-electron chi connectivity index (χ2n) is 4.12. The van der Waals surface area contributed by atoms with Crippen LogP contribution in [0.25, 0.3) is 0 Å². The number of carbonyl (C=O) groups is 1. The molecule has 1 aromatic carbocycles. The molecule has 0 amide bonds. The van der Waals surface area contributed by atoms with E-state index in [1.165, 1.54) is 20.2 Å². The molecule has 1 heterocycles. The Kier molecular flexibility index (Phi) is 3.04. The van der Waals surface area contributed by atoms with Gasteiger partial charge >= 0.3 is 5.97 Å². The van der Waals surface area contributed by atoms with Crippen molar-refractivity contribution in [3.8, 4) is 0 Å². The third kappa shape index (κ3) is 1.95. The van der Waals surface area contributed by atoms with Crippen LogP contribution in [0.5, 0.6) is 0 Å². The van der Waals surface area contributed by atoms with E-state index in [4.69, 9.17) is 5.73 Å². The minimum absolute atomic E-state index is 0.131. The summed E-state index contributed by atoms with van der Waals surface area (Å²) in [7, 11) is -0.700. The third-order valence-electron chi connectivity index (χ3n) is 3.00. The van der Waals surface area contributed by atoms with Crippen molar-refractivity contribution >= 4 is 21.7 Å². The maximum atomic E-state index is 11.8. The molecule has 2 rings (SSSR count). The van der Waals surface area contributed by atoms with Gasteiger partial charge in [-0.3, -0.25) is 4.31 Å². The highest BCUT2D eigenvalue weighted by Gasteiger charge is 2.32. The highest BCUT2D eigenvalue weighted by atomic mass is 32.2. The van der Waals surface area contributed by atoms with Gasteiger partial charge < -0.3 is 10.5 Å². The predicted molar refractivity (Wildman–Crippen MR) is 66.9 cm³/mol. The van der Waals surface area contributed by atoms with Crippen LogP contribution in [0.15, 0.2) is 18.2 Å². The average molecular weight is 270 g/mol. The van der Waals surface area contributed by atoms with Gasteiger partial charge in [-0.2, -0.15) is 0 Å². The summed E-state index contributed by atoms with van der Waals surface area (Å²) in [4.78, 5) is 11.4. The Bertz CT molecular complexity index is 597. The Morgan fingerprint density at radius 1 is 1.50 bits per heavy atom. The van der Waals surface area contributed by atoms with Crippen molar-refractivity contribution in [3.05, 3.63) is 29.3 Å². The highest BCUT2D eigenvalue weighted by Crippen LogP contribution is 2.33. The van der Waals surface area contributed by atoms with Gasteiger partial charge in [0.25, 0.3) is 0 Å². The lowest BCUT2D eigenvalue weighted by molar-refractivity contribution is 0.0600. The fraction of sp³-hybridized carbons (Fsp3) is 0.364. The summed E-state index contributed by atoms with van der Waals surface area (Å²) in [6, 6.07) is 4.15. The molecule has 2 N–H and O–H groups in total. The lowest BCUT2D eigenvalue weighted by Gasteiger charge is -2.31. The highest BCUT2D eigenvalue weighted by molar-refractivity contribution is 7.92. The van der Waals surface area contributed by atoms with Crippen LogP contribution < -0.4 is 10.0 Å². The molecule has 0 fully saturated rings.